The number of nitrogens with one attached hydrogen (secondary N) is 1. The number of rotatable bonds is 6. The van der Waals surface area contributed by atoms with Crippen molar-refractivity contribution < 1.29 is 9.15 Å². The van der Waals surface area contributed by atoms with Gasteiger partial charge in [0.15, 0.2) is 0 Å². The smallest absolute Gasteiger partial charge is 0.220 e. The maximum absolute atomic E-state index is 5.63. The highest BCUT2D eigenvalue weighted by atomic mass is 16.5. The monoisotopic (exact) mass is 283 g/mol. The van der Waals surface area contributed by atoms with Gasteiger partial charge in [0.2, 0.25) is 5.89 Å². The molecule has 0 bridgehead atoms. The van der Waals surface area contributed by atoms with Crippen LogP contribution in [0, 0.1) is 6.92 Å². The highest BCUT2D eigenvalue weighted by molar-refractivity contribution is 5.16. The summed E-state index contributed by atoms with van der Waals surface area (Å²) in [5.41, 5.74) is 3.07. The second-order valence-electron chi connectivity index (χ2n) is 4.84. The van der Waals surface area contributed by atoms with E-state index in [1.807, 2.05) is 37.3 Å². The van der Waals surface area contributed by atoms with E-state index in [2.05, 4.69) is 15.0 Å². The van der Waals surface area contributed by atoms with E-state index in [1.165, 1.54) is 0 Å². The quantitative estimate of drug-likeness (QED) is 0.755. The number of ether oxygens (including phenoxy) is 1. The van der Waals surface area contributed by atoms with Gasteiger partial charge in [0.05, 0.1) is 18.6 Å². The molecular formula is C16H17N3O2. The van der Waals surface area contributed by atoms with Crippen LogP contribution >= 0.6 is 0 Å². The average Bonchev–Trinajstić information content (AvgIpc) is 3.11. The van der Waals surface area contributed by atoms with E-state index >= 15 is 0 Å². The highest BCUT2D eigenvalue weighted by Gasteiger charge is 2.11. The summed E-state index contributed by atoms with van der Waals surface area (Å²) < 4.78 is 11.3. The van der Waals surface area contributed by atoms with Gasteiger partial charge >= 0.3 is 0 Å². The molecule has 3 aromatic rings. The fraction of sp³-hybridized carbons (Fsp3) is 0.250. The first-order valence-corrected chi connectivity index (χ1v) is 6.85. The lowest BCUT2D eigenvalue weighted by Gasteiger charge is -2.01. The van der Waals surface area contributed by atoms with E-state index in [0.29, 0.717) is 25.5 Å². The first-order chi connectivity index (χ1) is 10.3. The molecule has 21 heavy (non-hydrogen) atoms. The van der Waals surface area contributed by atoms with Gasteiger partial charge in [-0.3, -0.25) is 0 Å². The second kappa shape index (κ2) is 6.37. The third-order valence-corrected chi connectivity index (χ3v) is 3.19. The fourth-order valence-corrected chi connectivity index (χ4v) is 2.11. The van der Waals surface area contributed by atoms with Crippen LogP contribution < -0.4 is 0 Å². The number of benzene rings is 1. The first-order valence-electron chi connectivity index (χ1n) is 6.85. The maximum atomic E-state index is 5.63. The van der Waals surface area contributed by atoms with Crippen LogP contribution in [0.4, 0.5) is 0 Å². The van der Waals surface area contributed by atoms with Crippen molar-refractivity contribution >= 4 is 0 Å². The van der Waals surface area contributed by atoms with Crippen molar-refractivity contribution in [3.63, 3.8) is 0 Å². The lowest BCUT2D eigenvalue weighted by Crippen LogP contribution is -1.95. The van der Waals surface area contributed by atoms with E-state index in [0.717, 1.165) is 22.7 Å². The van der Waals surface area contributed by atoms with E-state index in [1.54, 1.807) is 12.5 Å². The first kappa shape index (κ1) is 13.6. The summed E-state index contributed by atoms with van der Waals surface area (Å²) >= 11 is 0. The van der Waals surface area contributed by atoms with Gasteiger partial charge in [-0.1, -0.05) is 30.3 Å². The number of oxazole rings is 1. The molecule has 0 aliphatic rings. The molecule has 1 aromatic carbocycles. The fourth-order valence-electron chi connectivity index (χ4n) is 2.11. The molecule has 5 heteroatoms. The summed E-state index contributed by atoms with van der Waals surface area (Å²) in [5, 5.41) is 0. The van der Waals surface area contributed by atoms with Crippen LogP contribution in [-0.4, -0.2) is 15.0 Å². The number of H-pyrrole nitrogens is 1. The molecule has 0 amide bonds. The summed E-state index contributed by atoms with van der Waals surface area (Å²) in [7, 11) is 0. The number of nitrogens with zero attached hydrogens (tertiary/aromatic N) is 2. The van der Waals surface area contributed by atoms with Gasteiger partial charge in [0.25, 0.3) is 0 Å². The summed E-state index contributed by atoms with van der Waals surface area (Å²) in [5.74, 6) is 1.43. The Bertz CT molecular complexity index is 675. The van der Waals surface area contributed by atoms with Gasteiger partial charge in [0.1, 0.15) is 12.4 Å². The summed E-state index contributed by atoms with van der Waals surface area (Å²) in [6.07, 6.45) is 4.14. The number of imidazole rings is 1. The predicted octanol–water partition coefficient (Wildman–Crippen LogP) is 3.01. The minimum atomic E-state index is 0.374. The Kier molecular flexibility index (Phi) is 4.12. The predicted molar refractivity (Wildman–Crippen MR) is 77.6 cm³/mol. The summed E-state index contributed by atoms with van der Waals surface area (Å²) in [6.45, 7) is 2.84. The molecule has 3 rings (SSSR count). The van der Waals surface area contributed by atoms with Crippen molar-refractivity contribution in [2.75, 3.05) is 0 Å². The van der Waals surface area contributed by atoms with Crippen molar-refractivity contribution in [1.29, 1.82) is 0 Å². The largest absolute Gasteiger partial charge is 0.443 e. The molecule has 5 nitrogen and oxygen atoms in total. The van der Waals surface area contributed by atoms with Crippen LogP contribution in [0.2, 0.25) is 0 Å². The van der Waals surface area contributed by atoms with Gasteiger partial charge in [-0.2, -0.15) is 0 Å². The Morgan fingerprint density at radius 3 is 2.81 bits per heavy atom. The molecule has 1 N–H and O–H groups in total. The Labute approximate surface area is 123 Å². The molecule has 0 aliphatic heterocycles. The number of hydrogen-bond acceptors (Lipinski definition) is 4. The molecule has 0 saturated carbocycles. The third-order valence-electron chi connectivity index (χ3n) is 3.19. The zero-order chi connectivity index (χ0) is 14.5. The minimum absolute atomic E-state index is 0.374. The molecule has 0 radical (unpaired) electrons. The Morgan fingerprint density at radius 1 is 1.19 bits per heavy atom. The highest BCUT2D eigenvalue weighted by Crippen LogP contribution is 2.14. The van der Waals surface area contributed by atoms with E-state index in [4.69, 9.17) is 9.15 Å². The van der Waals surface area contributed by atoms with Crippen molar-refractivity contribution in [1.82, 2.24) is 15.0 Å². The van der Waals surface area contributed by atoms with Gasteiger partial charge in [-0.25, -0.2) is 9.97 Å². The minimum Gasteiger partial charge on any atom is -0.443 e. The molecular weight excluding hydrogens is 266 g/mol. The van der Waals surface area contributed by atoms with Crippen LogP contribution in [0.1, 0.15) is 28.6 Å². The van der Waals surface area contributed by atoms with E-state index in [-0.39, 0.29) is 0 Å². The number of aromatic amines is 1. The summed E-state index contributed by atoms with van der Waals surface area (Å²) in [6, 6.07) is 10.0. The van der Waals surface area contributed by atoms with Crippen molar-refractivity contribution in [3.8, 4) is 0 Å². The molecule has 0 atom stereocenters. The van der Waals surface area contributed by atoms with Crippen LogP contribution in [0.5, 0.6) is 0 Å². The van der Waals surface area contributed by atoms with Crippen LogP contribution in [0.15, 0.2) is 47.3 Å². The maximum Gasteiger partial charge on any atom is 0.220 e. The molecule has 0 fully saturated rings. The number of aromatic nitrogens is 3. The van der Waals surface area contributed by atoms with Crippen LogP contribution in [0.25, 0.3) is 0 Å². The topological polar surface area (TPSA) is 63.9 Å². The lowest BCUT2D eigenvalue weighted by atomic mass is 10.2. The standard InChI is InChI=1S/C16H17N3O2/c1-12-15(7-14-8-17-11-18-14)19-16(21-12)10-20-9-13-5-3-2-4-6-13/h2-6,8,11H,7,9-10H2,1H3,(H,17,18). The molecule has 2 heterocycles. The van der Waals surface area contributed by atoms with Crippen LogP contribution in [-0.2, 0) is 24.4 Å². The van der Waals surface area contributed by atoms with Gasteiger partial charge in [-0.05, 0) is 12.5 Å². The van der Waals surface area contributed by atoms with Gasteiger partial charge in [0, 0.05) is 18.3 Å². The molecule has 0 aliphatic carbocycles. The number of aryl methyl sites for hydroxylation is 1. The third kappa shape index (κ3) is 3.58. The average molecular weight is 283 g/mol. The van der Waals surface area contributed by atoms with Gasteiger partial charge in [-0.15, -0.1) is 0 Å². The number of hydrogen-bond donors (Lipinski definition) is 1. The normalized spacial score (nSPS) is 10.9. The zero-order valence-electron chi connectivity index (χ0n) is 11.9. The Morgan fingerprint density at radius 2 is 2.05 bits per heavy atom. The molecule has 108 valence electrons. The van der Waals surface area contributed by atoms with Crippen LogP contribution in [0.3, 0.4) is 0 Å². The molecule has 2 aromatic heterocycles. The summed E-state index contributed by atoms with van der Waals surface area (Å²) in [4.78, 5) is 11.5. The second-order valence-corrected chi connectivity index (χ2v) is 4.84. The zero-order valence-corrected chi connectivity index (χ0v) is 11.9. The SMILES string of the molecule is Cc1oc(COCc2ccccc2)nc1Cc1cnc[nH]1. The Hall–Kier alpha value is -2.40. The lowest BCUT2D eigenvalue weighted by molar-refractivity contribution is 0.0889. The van der Waals surface area contributed by atoms with Crippen molar-refractivity contribution in [2.24, 2.45) is 0 Å². The Balaban J connectivity index is 1.57. The molecule has 0 saturated heterocycles. The molecule has 0 unspecified atom stereocenters. The van der Waals surface area contributed by atoms with E-state index < -0.39 is 0 Å². The molecule has 0 spiro atoms. The van der Waals surface area contributed by atoms with Gasteiger partial charge < -0.3 is 14.1 Å². The van der Waals surface area contributed by atoms with E-state index in [9.17, 15) is 0 Å². The van der Waals surface area contributed by atoms with Crippen molar-refractivity contribution in [3.05, 3.63) is 71.5 Å². The van der Waals surface area contributed by atoms with Crippen molar-refractivity contribution in [2.45, 2.75) is 26.6 Å².